The van der Waals surface area contributed by atoms with Gasteiger partial charge in [-0.15, -0.1) is 0 Å². The molecule has 0 saturated carbocycles. The molecule has 1 N–H and O–H groups in total. The molecule has 0 aliphatic heterocycles. The van der Waals surface area contributed by atoms with E-state index in [9.17, 15) is 18.0 Å². The summed E-state index contributed by atoms with van der Waals surface area (Å²) in [4.78, 5) is 14.9. The summed E-state index contributed by atoms with van der Waals surface area (Å²) in [5.41, 5.74) is -1.34. The summed E-state index contributed by atoms with van der Waals surface area (Å²) in [5, 5.41) is 8.80. The van der Waals surface area contributed by atoms with Gasteiger partial charge >= 0.3 is 12.1 Å². The summed E-state index contributed by atoms with van der Waals surface area (Å²) in [6, 6.07) is 0. The second-order valence-electron chi connectivity index (χ2n) is 4.31. The van der Waals surface area contributed by atoms with Crippen LogP contribution >= 0.6 is 0 Å². The zero-order valence-corrected chi connectivity index (χ0v) is 10.7. The van der Waals surface area contributed by atoms with Gasteiger partial charge in [-0.25, -0.2) is 9.78 Å². The van der Waals surface area contributed by atoms with Gasteiger partial charge in [-0.05, 0) is 13.8 Å². The molecule has 0 saturated heterocycles. The molecular formula is C12H11F3N2O3. The fourth-order valence-corrected chi connectivity index (χ4v) is 1.76. The lowest BCUT2D eigenvalue weighted by atomic mass is 10.2. The van der Waals surface area contributed by atoms with Crippen LogP contribution in [0.2, 0.25) is 0 Å². The zero-order valence-electron chi connectivity index (χ0n) is 10.7. The highest BCUT2D eigenvalue weighted by atomic mass is 19.4. The molecule has 0 aliphatic carbocycles. The van der Waals surface area contributed by atoms with Crippen LogP contribution in [0, 0.1) is 13.8 Å². The summed E-state index contributed by atoms with van der Waals surface area (Å²) < 4.78 is 44.5. The van der Waals surface area contributed by atoms with Crippen molar-refractivity contribution in [3.05, 3.63) is 40.9 Å². The molecule has 2 heterocycles. The summed E-state index contributed by atoms with van der Waals surface area (Å²) >= 11 is 0. The fraction of sp³-hybridized carbons (Fsp3) is 0.333. The number of carboxylic acid groups (broad SMARTS) is 1. The molecular weight excluding hydrogens is 277 g/mol. The first-order chi connectivity index (χ1) is 9.18. The van der Waals surface area contributed by atoms with E-state index in [1.54, 1.807) is 13.8 Å². The van der Waals surface area contributed by atoms with Crippen molar-refractivity contribution in [3.63, 3.8) is 0 Å². The second-order valence-corrected chi connectivity index (χ2v) is 4.31. The molecule has 0 bridgehead atoms. The lowest BCUT2D eigenvalue weighted by molar-refractivity contribution is -0.138. The molecule has 108 valence electrons. The molecule has 8 heteroatoms. The van der Waals surface area contributed by atoms with Gasteiger partial charge < -0.3 is 14.1 Å². The van der Waals surface area contributed by atoms with Crippen molar-refractivity contribution in [2.45, 2.75) is 26.6 Å². The highest BCUT2D eigenvalue weighted by Crippen LogP contribution is 2.32. The maximum Gasteiger partial charge on any atom is 0.418 e. The first-order valence-electron chi connectivity index (χ1n) is 5.61. The Morgan fingerprint density at radius 1 is 1.40 bits per heavy atom. The number of rotatable bonds is 3. The minimum atomic E-state index is -4.72. The van der Waals surface area contributed by atoms with Crippen LogP contribution in [0.1, 0.15) is 33.3 Å². The van der Waals surface area contributed by atoms with E-state index in [1.807, 2.05) is 0 Å². The first-order valence-corrected chi connectivity index (χ1v) is 5.61. The molecule has 0 spiro atoms. The Morgan fingerprint density at radius 3 is 2.45 bits per heavy atom. The molecule has 2 aromatic rings. The van der Waals surface area contributed by atoms with Crippen LogP contribution in [-0.2, 0) is 12.7 Å². The highest BCUT2D eigenvalue weighted by Gasteiger charge is 2.37. The van der Waals surface area contributed by atoms with Crippen LogP contribution in [-0.4, -0.2) is 20.6 Å². The van der Waals surface area contributed by atoms with Crippen molar-refractivity contribution < 1.29 is 27.5 Å². The Morgan fingerprint density at radius 2 is 2.05 bits per heavy atom. The van der Waals surface area contributed by atoms with Gasteiger partial charge in [-0.2, -0.15) is 13.2 Å². The van der Waals surface area contributed by atoms with E-state index in [0.717, 1.165) is 17.0 Å². The quantitative estimate of drug-likeness (QED) is 0.943. The van der Waals surface area contributed by atoms with Crippen molar-refractivity contribution >= 4 is 5.97 Å². The van der Waals surface area contributed by atoms with E-state index >= 15 is 0 Å². The van der Waals surface area contributed by atoms with Crippen LogP contribution in [0.15, 0.2) is 16.8 Å². The Kier molecular flexibility index (Phi) is 3.33. The average Bonchev–Trinajstić information content (AvgIpc) is 2.84. The fourth-order valence-electron chi connectivity index (χ4n) is 1.76. The van der Waals surface area contributed by atoms with Gasteiger partial charge in [0.2, 0.25) is 5.89 Å². The Hall–Kier alpha value is -2.25. The highest BCUT2D eigenvalue weighted by molar-refractivity contribution is 5.89. The van der Waals surface area contributed by atoms with Gasteiger partial charge in [0.15, 0.2) is 0 Å². The minimum Gasteiger partial charge on any atom is -0.478 e. The zero-order chi connectivity index (χ0) is 15.1. The molecule has 0 amide bonds. The topological polar surface area (TPSA) is 68.3 Å². The number of oxazole rings is 1. The van der Waals surface area contributed by atoms with Gasteiger partial charge in [-0.3, -0.25) is 0 Å². The molecule has 20 heavy (non-hydrogen) atoms. The van der Waals surface area contributed by atoms with Crippen molar-refractivity contribution in [3.8, 4) is 0 Å². The van der Waals surface area contributed by atoms with Crippen molar-refractivity contribution in [2.75, 3.05) is 0 Å². The molecule has 0 atom stereocenters. The van der Waals surface area contributed by atoms with Crippen molar-refractivity contribution in [1.82, 2.24) is 9.55 Å². The SMILES string of the molecule is Cc1nc(Cn2cc(C(=O)O)c(C(F)(F)F)c2)oc1C. The molecule has 0 unspecified atom stereocenters. The Bertz CT molecular complexity index is 636. The minimum absolute atomic E-state index is 0.0644. The number of alkyl halides is 3. The van der Waals surface area contributed by atoms with Crippen LogP contribution in [0.3, 0.4) is 0 Å². The van der Waals surface area contributed by atoms with E-state index in [1.165, 1.54) is 0 Å². The maximum atomic E-state index is 12.7. The number of aromatic nitrogens is 2. The van der Waals surface area contributed by atoms with Crippen LogP contribution in [0.25, 0.3) is 0 Å². The Labute approximate surface area is 111 Å². The lowest BCUT2D eigenvalue weighted by Crippen LogP contribution is -2.09. The normalized spacial score (nSPS) is 11.8. The van der Waals surface area contributed by atoms with E-state index in [-0.39, 0.29) is 12.4 Å². The number of carboxylic acids is 1. The lowest BCUT2D eigenvalue weighted by Gasteiger charge is -2.04. The standard InChI is InChI=1S/C12H11F3N2O3/c1-6-7(2)20-10(16-6)5-17-3-8(11(18)19)9(4-17)12(13,14)15/h3-4H,5H2,1-2H3,(H,18,19). The molecule has 0 fully saturated rings. The summed E-state index contributed by atoms with van der Waals surface area (Å²) in [5.74, 6) is -0.835. The van der Waals surface area contributed by atoms with Gasteiger partial charge in [0.1, 0.15) is 5.76 Å². The summed E-state index contributed by atoms with van der Waals surface area (Å²) in [7, 11) is 0. The number of hydrogen-bond acceptors (Lipinski definition) is 3. The molecule has 0 aliphatic rings. The van der Waals surface area contributed by atoms with Gasteiger partial charge in [-0.1, -0.05) is 0 Å². The summed E-state index contributed by atoms with van der Waals surface area (Å²) in [6.07, 6.45) is -3.07. The molecule has 2 aromatic heterocycles. The van der Waals surface area contributed by atoms with Crippen molar-refractivity contribution in [1.29, 1.82) is 0 Å². The summed E-state index contributed by atoms with van der Waals surface area (Å²) in [6.45, 7) is 3.33. The number of nitrogens with zero attached hydrogens (tertiary/aromatic N) is 2. The van der Waals surface area contributed by atoms with Crippen molar-refractivity contribution in [2.24, 2.45) is 0 Å². The van der Waals surface area contributed by atoms with Gasteiger partial charge in [0.25, 0.3) is 0 Å². The first kappa shape index (κ1) is 14.2. The van der Waals surface area contributed by atoms with E-state index in [0.29, 0.717) is 11.5 Å². The third-order valence-electron chi connectivity index (χ3n) is 2.81. The third kappa shape index (κ3) is 2.68. The van der Waals surface area contributed by atoms with E-state index in [4.69, 9.17) is 9.52 Å². The molecule has 0 aromatic carbocycles. The van der Waals surface area contributed by atoms with Gasteiger partial charge in [0.05, 0.1) is 23.4 Å². The number of aromatic carboxylic acids is 1. The van der Waals surface area contributed by atoms with E-state index in [2.05, 4.69) is 4.98 Å². The third-order valence-corrected chi connectivity index (χ3v) is 2.81. The monoisotopic (exact) mass is 288 g/mol. The largest absolute Gasteiger partial charge is 0.478 e. The molecule has 0 radical (unpaired) electrons. The number of hydrogen-bond donors (Lipinski definition) is 1. The number of halogens is 3. The molecule has 5 nitrogen and oxygen atoms in total. The maximum absolute atomic E-state index is 12.7. The van der Waals surface area contributed by atoms with Gasteiger partial charge in [0, 0.05) is 12.4 Å². The number of carbonyl (C=O) groups is 1. The smallest absolute Gasteiger partial charge is 0.418 e. The van der Waals surface area contributed by atoms with Crippen LogP contribution in [0.4, 0.5) is 13.2 Å². The average molecular weight is 288 g/mol. The second kappa shape index (κ2) is 4.69. The van der Waals surface area contributed by atoms with Crippen LogP contribution in [0.5, 0.6) is 0 Å². The Balaban J connectivity index is 2.36. The molecule has 2 rings (SSSR count). The number of aryl methyl sites for hydroxylation is 2. The van der Waals surface area contributed by atoms with Crippen LogP contribution < -0.4 is 0 Å². The van der Waals surface area contributed by atoms with E-state index < -0.39 is 23.3 Å². The predicted molar refractivity (Wildman–Crippen MR) is 61.5 cm³/mol. The predicted octanol–water partition coefficient (Wildman–Crippen LogP) is 2.86.